The van der Waals surface area contributed by atoms with Crippen LogP contribution in [0.1, 0.15) is 21.6 Å². The van der Waals surface area contributed by atoms with Crippen molar-refractivity contribution < 1.29 is 18.7 Å². The first-order chi connectivity index (χ1) is 12.9. The Morgan fingerprint density at radius 1 is 1.19 bits per heavy atom. The van der Waals surface area contributed by atoms with Gasteiger partial charge in [-0.3, -0.25) is 4.79 Å². The average Bonchev–Trinajstić information content (AvgIpc) is 2.97. The number of carbonyl (C=O) groups is 1. The maximum atomic E-state index is 14.0. The molecule has 2 N–H and O–H groups in total. The van der Waals surface area contributed by atoms with Gasteiger partial charge in [0.05, 0.1) is 19.7 Å². The lowest BCUT2D eigenvalue weighted by molar-refractivity contribution is 0.0953. The summed E-state index contributed by atoms with van der Waals surface area (Å²) in [5.74, 6) is 0.434. The zero-order valence-electron chi connectivity index (χ0n) is 15.3. The maximum absolute atomic E-state index is 14.0. The van der Waals surface area contributed by atoms with E-state index in [9.17, 15) is 9.18 Å². The van der Waals surface area contributed by atoms with Crippen molar-refractivity contribution in [2.24, 2.45) is 0 Å². The third-order valence-corrected chi connectivity index (χ3v) is 4.67. The highest BCUT2D eigenvalue weighted by Gasteiger charge is 2.14. The van der Waals surface area contributed by atoms with Gasteiger partial charge in [0.2, 0.25) is 0 Å². The normalized spacial score (nSPS) is 10.9. The lowest BCUT2D eigenvalue weighted by atomic mass is 10.1. The van der Waals surface area contributed by atoms with E-state index in [2.05, 4.69) is 10.3 Å². The molecule has 2 aromatic carbocycles. The lowest BCUT2D eigenvalue weighted by Gasteiger charge is -2.10. The van der Waals surface area contributed by atoms with Crippen molar-refractivity contribution in [2.45, 2.75) is 13.3 Å². The van der Waals surface area contributed by atoms with E-state index in [0.717, 1.165) is 16.6 Å². The first-order valence-corrected chi connectivity index (χ1v) is 8.78. The molecule has 7 heteroatoms. The second-order valence-electron chi connectivity index (χ2n) is 6.11. The number of aryl methyl sites for hydroxylation is 1. The van der Waals surface area contributed by atoms with Gasteiger partial charge in [-0.15, -0.1) is 0 Å². The first kappa shape index (κ1) is 19.0. The van der Waals surface area contributed by atoms with E-state index >= 15 is 0 Å². The van der Waals surface area contributed by atoms with Gasteiger partial charge in [0, 0.05) is 28.2 Å². The molecule has 0 fully saturated rings. The largest absolute Gasteiger partial charge is 0.493 e. The molecule has 0 atom stereocenters. The summed E-state index contributed by atoms with van der Waals surface area (Å²) in [7, 11) is 3.06. The molecule has 142 valence electrons. The Hall–Kier alpha value is -2.73. The quantitative estimate of drug-likeness (QED) is 0.661. The number of methoxy groups -OCH3 is 2. The summed E-state index contributed by atoms with van der Waals surface area (Å²) in [4.78, 5) is 15.4. The van der Waals surface area contributed by atoms with Crippen molar-refractivity contribution in [3.05, 3.63) is 58.0 Å². The van der Waals surface area contributed by atoms with Crippen LogP contribution in [0, 0.1) is 12.7 Å². The van der Waals surface area contributed by atoms with Crippen LogP contribution >= 0.6 is 11.6 Å². The van der Waals surface area contributed by atoms with Gasteiger partial charge in [0.1, 0.15) is 5.82 Å². The van der Waals surface area contributed by atoms with Crippen molar-refractivity contribution in [3.63, 3.8) is 0 Å². The minimum atomic E-state index is -0.388. The second kappa shape index (κ2) is 7.88. The molecule has 5 nitrogen and oxygen atoms in total. The van der Waals surface area contributed by atoms with Crippen LogP contribution in [0.4, 0.5) is 4.39 Å². The van der Waals surface area contributed by atoms with Crippen LogP contribution in [-0.2, 0) is 6.42 Å². The number of carbonyl (C=O) groups excluding carboxylic acids is 1. The molecule has 27 heavy (non-hydrogen) atoms. The summed E-state index contributed by atoms with van der Waals surface area (Å²) in [6.45, 7) is 2.27. The fourth-order valence-corrected chi connectivity index (χ4v) is 3.31. The van der Waals surface area contributed by atoms with E-state index in [1.807, 2.05) is 6.92 Å². The van der Waals surface area contributed by atoms with E-state index < -0.39 is 0 Å². The Labute approximate surface area is 161 Å². The molecule has 0 saturated heterocycles. The van der Waals surface area contributed by atoms with E-state index in [1.165, 1.54) is 20.3 Å². The topological polar surface area (TPSA) is 63.3 Å². The Kier molecular flexibility index (Phi) is 5.56. The standard InChI is InChI=1S/C20H20ClFN2O3/c1-11-14(15-9-13(21)10-16(22)19(15)24-11)6-7-23-20(25)12-4-5-17(26-2)18(8-12)27-3/h4-5,8-10,24H,6-7H2,1-3H3,(H,23,25). The van der Waals surface area contributed by atoms with E-state index in [4.69, 9.17) is 21.1 Å². The fourth-order valence-electron chi connectivity index (χ4n) is 3.11. The van der Waals surface area contributed by atoms with Gasteiger partial charge >= 0.3 is 0 Å². The Balaban J connectivity index is 1.72. The number of H-pyrrole nitrogens is 1. The molecule has 1 aromatic heterocycles. The smallest absolute Gasteiger partial charge is 0.251 e. The van der Waals surface area contributed by atoms with Crippen LogP contribution in [0.15, 0.2) is 30.3 Å². The third kappa shape index (κ3) is 3.85. The number of fused-ring (bicyclic) bond motifs is 1. The van der Waals surface area contributed by atoms with Crippen LogP contribution in [0.2, 0.25) is 5.02 Å². The van der Waals surface area contributed by atoms with Gasteiger partial charge < -0.3 is 19.8 Å². The molecule has 0 bridgehead atoms. The Bertz CT molecular complexity index is 1000. The molecular formula is C20H20ClFN2O3. The zero-order chi connectivity index (χ0) is 19.6. The highest BCUT2D eigenvalue weighted by molar-refractivity contribution is 6.31. The number of hydrogen-bond donors (Lipinski definition) is 2. The van der Waals surface area contributed by atoms with Crippen molar-refractivity contribution in [3.8, 4) is 11.5 Å². The van der Waals surface area contributed by atoms with Gasteiger partial charge in [-0.25, -0.2) is 4.39 Å². The summed E-state index contributed by atoms with van der Waals surface area (Å²) in [5.41, 5.74) is 2.68. The van der Waals surface area contributed by atoms with Gasteiger partial charge in [-0.2, -0.15) is 0 Å². The lowest BCUT2D eigenvalue weighted by Crippen LogP contribution is -2.25. The van der Waals surface area contributed by atoms with Gasteiger partial charge in [-0.1, -0.05) is 11.6 Å². The highest BCUT2D eigenvalue weighted by Crippen LogP contribution is 2.29. The number of halogens is 2. The molecule has 0 spiro atoms. The van der Waals surface area contributed by atoms with Crippen molar-refractivity contribution >= 4 is 28.4 Å². The molecule has 0 aliphatic rings. The Morgan fingerprint density at radius 2 is 1.93 bits per heavy atom. The number of aromatic nitrogens is 1. The third-order valence-electron chi connectivity index (χ3n) is 4.45. The Morgan fingerprint density at radius 3 is 2.63 bits per heavy atom. The van der Waals surface area contributed by atoms with Crippen LogP contribution in [0.5, 0.6) is 11.5 Å². The van der Waals surface area contributed by atoms with Gasteiger partial charge in [-0.05, 0) is 49.2 Å². The predicted octanol–water partition coefficient (Wildman–Crippen LogP) is 4.26. The van der Waals surface area contributed by atoms with Crippen LogP contribution in [0.25, 0.3) is 10.9 Å². The zero-order valence-corrected chi connectivity index (χ0v) is 16.0. The number of benzene rings is 2. The second-order valence-corrected chi connectivity index (χ2v) is 6.55. The van der Waals surface area contributed by atoms with Crippen molar-refractivity contribution in [1.82, 2.24) is 10.3 Å². The summed E-state index contributed by atoms with van der Waals surface area (Å²) in [6, 6.07) is 7.99. The number of hydrogen-bond acceptors (Lipinski definition) is 3. The SMILES string of the molecule is COc1ccc(C(=O)NCCc2c(C)[nH]c3c(F)cc(Cl)cc23)cc1OC. The fraction of sp³-hybridized carbons (Fsp3) is 0.250. The first-order valence-electron chi connectivity index (χ1n) is 8.41. The molecule has 0 saturated carbocycles. The van der Waals surface area contributed by atoms with Crippen LogP contribution < -0.4 is 14.8 Å². The molecular weight excluding hydrogens is 371 g/mol. The molecule has 0 radical (unpaired) electrons. The summed E-state index contributed by atoms with van der Waals surface area (Å²) >= 11 is 5.98. The average molecular weight is 391 g/mol. The molecule has 0 unspecified atom stereocenters. The van der Waals surface area contributed by atoms with E-state index in [0.29, 0.717) is 40.6 Å². The molecule has 3 aromatic rings. The minimum absolute atomic E-state index is 0.224. The van der Waals surface area contributed by atoms with Crippen LogP contribution in [-0.4, -0.2) is 31.7 Å². The number of nitrogens with one attached hydrogen (secondary N) is 2. The molecule has 3 rings (SSSR count). The minimum Gasteiger partial charge on any atom is -0.493 e. The van der Waals surface area contributed by atoms with Gasteiger partial charge in [0.25, 0.3) is 5.91 Å². The van der Waals surface area contributed by atoms with Crippen molar-refractivity contribution in [2.75, 3.05) is 20.8 Å². The number of ether oxygens (including phenoxy) is 2. The van der Waals surface area contributed by atoms with E-state index in [-0.39, 0.29) is 11.7 Å². The predicted molar refractivity (Wildman–Crippen MR) is 104 cm³/mol. The molecule has 0 aliphatic carbocycles. The van der Waals surface area contributed by atoms with Crippen molar-refractivity contribution in [1.29, 1.82) is 0 Å². The van der Waals surface area contributed by atoms with E-state index in [1.54, 1.807) is 24.3 Å². The molecule has 1 heterocycles. The van der Waals surface area contributed by atoms with Crippen LogP contribution in [0.3, 0.4) is 0 Å². The number of amides is 1. The summed E-state index contributed by atoms with van der Waals surface area (Å²) in [5, 5.41) is 3.95. The summed E-state index contributed by atoms with van der Waals surface area (Å²) < 4.78 is 24.4. The molecule has 1 amide bonds. The monoisotopic (exact) mass is 390 g/mol. The summed E-state index contributed by atoms with van der Waals surface area (Å²) in [6.07, 6.45) is 0.546. The number of rotatable bonds is 6. The highest BCUT2D eigenvalue weighted by atomic mass is 35.5. The molecule has 0 aliphatic heterocycles. The maximum Gasteiger partial charge on any atom is 0.251 e. The van der Waals surface area contributed by atoms with Gasteiger partial charge in [0.15, 0.2) is 11.5 Å². The number of aromatic amines is 1.